The summed E-state index contributed by atoms with van der Waals surface area (Å²) in [7, 11) is 1.49. The van der Waals surface area contributed by atoms with Crippen LogP contribution in [0.2, 0.25) is 0 Å². The van der Waals surface area contributed by atoms with Crippen LogP contribution in [0.25, 0.3) is 22.3 Å². The van der Waals surface area contributed by atoms with Crippen molar-refractivity contribution in [1.29, 1.82) is 5.41 Å². The molecule has 0 radical (unpaired) electrons. The van der Waals surface area contributed by atoms with Gasteiger partial charge < -0.3 is 20.0 Å². The zero-order chi connectivity index (χ0) is 24.6. The smallest absolute Gasteiger partial charge is 0.512 e. The first-order valence-corrected chi connectivity index (χ1v) is 10.1. The van der Waals surface area contributed by atoms with Gasteiger partial charge in [-0.3, -0.25) is 9.38 Å². The number of fused-ring (bicyclic) bond motifs is 3. The zero-order valence-electron chi connectivity index (χ0n) is 18.4. The fraction of sp³-hybridized carbons (Fsp3) is 0.217. The van der Waals surface area contributed by atoms with Crippen LogP contribution in [-0.4, -0.2) is 43.9 Å². The Hall–Kier alpha value is -4.15. The number of halogens is 3. The molecule has 2 aromatic carbocycles. The molecule has 0 amide bonds. The van der Waals surface area contributed by atoms with E-state index in [4.69, 9.17) is 10.1 Å². The van der Waals surface area contributed by atoms with E-state index in [0.717, 1.165) is 0 Å². The van der Waals surface area contributed by atoms with Crippen molar-refractivity contribution in [1.82, 2.24) is 19.6 Å². The lowest BCUT2D eigenvalue weighted by atomic mass is 9.99. The van der Waals surface area contributed by atoms with Crippen molar-refractivity contribution in [2.75, 3.05) is 7.11 Å². The van der Waals surface area contributed by atoms with Crippen LogP contribution in [0.15, 0.2) is 48.4 Å². The maximum atomic E-state index is 12.4. The molecule has 2 N–H and O–H groups in total. The summed E-state index contributed by atoms with van der Waals surface area (Å²) in [4.78, 5) is 4.44. The number of hydrogen-bond donors (Lipinski definition) is 2. The largest absolute Gasteiger partial charge is 0.573 e. The lowest BCUT2D eigenvalue weighted by Crippen LogP contribution is -2.17. The molecular formula is C23H20F3N5O3. The summed E-state index contributed by atoms with van der Waals surface area (Å²) in [5.74, 6) is 0.636. The molecule has 0 aliphatic rings. The minimum absolute atomic E-state index is 0.0193. The number of aliphatic hydroxyl groups excluding tert-OH is 1. The summed E-state index contributed by atoms with van der Waals surface area (Å²) in [5.41, 5.74) is 3.40. The van der Waals surface area contributed by atoms with Gasteiger partial charge in [-0.25, -0.2) is 0 Å². The summed E-state index contributed by atoms with van der Waals surface area (Å²) in [6.45, 7) is 3.06. The number of alkyl halides is 3. The molecule has 0 atom stereocenters. The minimum atomic E-state index is -4.76. The predicted molar refractivity (Wildman–Crippen MR) is 119 cm³/mol. The number of aromatic nitrogens is 4. The highest BCUT2D eigenvalue weighted by molar-refractivity contribution is 6.22. The molecule has 0 unspecified atom stereocenters. The molecule has 2 heterocycles. The van der Waals surface area contributed by atoms with E-state index in [2.05, 4.69) is 19.9 Å². The van der Waals surface area contributed by atoms with Crippen LogP contribution in [0, 0.1) is 5.41 Å². The van der Waals surface area contributed by atoms with E-state index in [9.17, 15) is 18.3 Å². The standard InChI is InChI=1S/C23H20F3N5O3/c1-12(27)22(13(2)32)16-9-17-18(10-19(16)33-3)31-20(29-30-21(31)11-28-17)8-14-4-6-15(7-5-14)34-23(24,25)26/h4-7,9-11,27,32H,8H2,1-3H3/b22-13+,27-12?. The highest BCUT2D eigenvalue weighted by Gasteiger charge is 2.31. The van der Waals surface area contributed by atoms with Gasteiger partial charge in [0.05, 0.1) is 30.1 Å². The highest BCUT2D eigenvalue weighted by atomic mass is 19.4. The topological polar surface area (TPSA) is 106 Å². The number of hydrogen-bond acceptors (Lipinski definition) is 7. The summed E-state index contributed by atoms with van der Waals surface area (Å²) >= 11 is 0. The zero-order valence-corrected chi connectivity index (χ0v) is 18.4. The van der Waals surface area contributed by atoms with Crippen molar-refractivity contribution < 1.29 is 27.8 Å². The number of ether oxygens (including phenoxy) is 2. The molecule has 4 aromatic rings. The van der Waals surface area contributed by atoms with Crippen molar-refractivity contribution in [3.8, 4) is 11.5 Å². The number of nitrogens with zero attached hydrogens (tertiary/aromatic N) is 4. The summed E-state index contributed by atoms with van der Waals surface area (Å²) in [6.07, 6.45) is -2.92. The number of nitrogens with one attached hydrogen (secondary N) is 1. The van der Waals surface area contributed by atoms with Gasteiger partial charge in [-0.1, -0.05) is 12.1 Å². The number of methoxy groups -OCH3 is 1. The first kappa shape index (κ1) is 23.0. The van der Waals surface area contributed by atoms with Crippen molar-refractivity contribution in [2.24, 2.45) is 0 Å². The molecule has 0 spiro atoms. The van der Waals surface area contributed by atoms with Gasteiger partial charge in [-0.15, -0.1) is 23.4 Å². The van der Waals surface area contributed by atoms with E-state index in [-0.39, 0.29) is 23.6 Å². The van der Waals surface area contributed by atoms with Crippen LogP contribution < -0.4 is 9.47 Å². The molecule has 0 aliphatic heterocycles. The number of benzene rings is 2. The maximum Gasteiger partial charge on any atom is 0.573 e. The van der Waals surface area contributed by atoms with Gasteiger partial charge in [0, 0.05) is 29.3 Å². The third-order valence-corrected chi connectivity index (χ3v) is 5.14. The van der Waals surface area contributed by atoms with Crippen molar-refractivity contribution in [3.63, 3.8) is 0 Å². The molecule has 0 fully saturated rings. The minimum Gasteiger partial charge on any atom is -0.512 e. The average Bonchev–Trinajstić information content (AvgIpc) is 3.16. The second-order valence-corrected chi connectivity index (χ2v) is 7.56. The summed E-state index contributed by atoms with van der Waals surface area (Å²) in [5, 5.41) is 26.5. The lowest BCUT2D eigenvalue weighted by Gasteiger charge is -2.14. The Morgan fingerprint density at radius 1 is 1.12 bits per heavy atom. The quantitative estimate of drug-likeness (QED) is 0.299. The third kappa shape index (κ3) is 4.49. The molecule has 2 aromatic heterocycles. The normalized spacial score (nSPS) is 12.6. The van der Waals surface area contributed by atoms with E-state index < -0.39 is 6.36 Å². The van der Waals surface area contributed by atoms with Crippen LogP contribution in [0.3, 0.4) is 0 Å². The first-order valence-electron chi connectivity index (χ1n) is 10.1. The lowest BCUT2D eigenvalue weighted by molar-refractivity contribution is -0.274. The number of aliphatic hydroxyl groups is 1. The van der Waals surface area contributed by atoms with Crippen molar-refractivity contribution >= 4 is 28.0 Å². The number of rotatable bonds is 6. The van der Waals surface area contributed by atoms with Crippen LogP contribution in [0.5, 0.6) is 11.5 Å². The molecular weight excluding hydrogens is 451 g/mol. The van der Waals surface area contributed by atoms with E-state index in [0.29, 0.717) is 45.0 Å². The maximum absolute atomic E-state index is 12.4. The Kier molecular flexibility index (Phi) is 5.86. The van der Waals surface area contributed by atoms with Gasteiger partial charge in [0.1, 0.15) is 17.3 Å². The molecule has 0 saturated carbocycles. The van der Waals surface area contributed by atoms with Crippen molar-refractivity contribution in [3.05, 3.63) is 65.3 Å². The highest BCUT2D eigenvalue weighted by Crippen LogP contribution is 2.33. The molecule has 4 rings (SSSR count). The SMILES string of the molecule is COc1cc2c(cc1/C(C(C)=N)=C(\C)O)ncc1nnc(Cc3ccc(OC(F)(F)F)cc3)n12. The van der Waals surface area contributed by atoms with Crippen LogP contribution in [0.4, 0.5) is 13.2 Å². The summed E-state index contributed by atoms with van der Waals surface area (Å²) in [6, 6.07) is 8.98. The third-order valence-electron chi connectivity index (χ3n) is 5.14. The van der Waals surface area contributed by atoms with E-state index in [1.807, 2.05) is 0 Å². The van der Waals surface area contributed by atoms with Crippen molar-refractivity contribution in [2.45, 2.75) is 26.6 Å². The summed E-state index contributed by atoms with van der Waals surface area (Å²) < 4.78 is 48.5. The molecule has 34 heavy (non-hydrogen) atoms. The van der Waals surface area contributed by atoms with Gasteiger partial charge in [0.15, 0.2) is 5.65 Å². The fourth-order valence-electron chi connectivity index (χ4n) is 3.78. The van der Waals surface area contributed by atoms with Gasteiger partial charge in [-0.2, -0.15) is 0 Å². The molecule has 8 nitrogen and oxygen atoms in total. The van der Waals surface area contributed by atoms with Crippen LogP contribution in [-0.2, 0) is 6.42 Å². The van der Waals surface area contributed by atoms with E-state index in [1.54, 1.807) is 29.7 Å². The van der Waals surface area contributed by atoms with Gasteiger partial charge in [0.25, 0.3) is 0 Å². The second-order valence-electron chi connectivity index (χ2n) is 7.56. The van der Waals surface area contributed by atoms with Gasteiger partial charge in [-0.05, 0) is 37.6 Å². The molecule has 11 heteroatoms. The first-order chi connectivity index (χ1) is 16.1. The molecule has 0 saturated heterocycles. The van der Waals surface area contributed by atoms with Gasteiger partial charge >= 0.3 is 6.36 Å². The Labute approximate surface area is 191 Å². The van der Waals surface area contributed by atoms with E-state index >= 15 is 0 Å². The Bertz CT molecular complexity index is 1420. The Morgan fingerprint density at radius 2 is 1.82 bits per heavy atom. The predicted octanol–water partition coefficient (Wildman–Crippen LogP) is 5.10. The fourth-order valence-corrected chi connectivity index (χ4v) is 3.78. The van der Waals surface area contributed by atoms with Crippen LogP contribution in [0.1, 0.15) is 30.8 Å². The number of allylic oxidation sites excluding steroid dienone is 2. The molecule has 0 aliphatic carbocycles. The molecule has 176 valence electrons. The Balaban J connectivity index is 1.80. The second kappa shape index (κ2) is 8.65. The monoisotopic (exact) mass is 471 g/mol. The van der Waals surface area contributed by atoms with Crippen LogP contribution >= 0.6 is 0 Å². The van der Waals surface area contributed by atoms with Gasteiger partial charge in [0.2, 0.25) is 0 Å². The molecule has 0 bridgehead atoms. The Morgan fingerprint density at radius 3 is 2.41 bits per heavy atom. The average molecular weight is 471 g/mol. The van der Waals surface area contributed by atoms with E-state index in [1.165, 1.54) is 38.3 Å².